The van der Waals surface area contributed by atoms with Crippen molar-refractivity contribution >= 4 is 33.7 Å². The lowest BCUT2D eigenvalue weighted by Crippen LogP contribution is -2.46. The van der Waals surface area contributed by atoms with Gasteiger partial charge in [0.1, 0.15) is 17.1 Å². The molecule has 0 bridgehead atoms. The number of nitrogens with zero attached hydrogens (tertiary/aromatic N) is 2. The molecule has 0 aliphatic carbocycles. The molecule has 0 aromatic heterocycles. The van der Waals surface area contributed by atoms with Gasteiger partial charge in [-0.05, 0) is 104 Å². The van der Waals surface area contributed by atoms with Crippen LogP contribution in [0.25, 0.3) is 0 Å². The molecule has 0 atom stereocenters. The van der Waals surface area contributed by atoms with Crippen LogP contribution in [0, 0.1) is 5.41 Å². The van der Waals surface area contributed by atoms with E-state index in [1.54, 1.807) is 18.2 Å². The van der Waals surface area contributed by atoms with E-state index in [0.717, 1.165) is 51.2 Å². The van der Waals surface area contributed by atoms with Crippen molar-refractivity contribution in [1.29, 1.82) is 0 Å². The van der Waals surface area contributed by atoms with E-state index in [9.17, 15) is 9.59 Å². The van der Waals surface area contributed by atoms with E-state index in [1.165, 1.54) is 12.8 Å². The van der Waals surface area contributed by atoms with Crippen molar-refractivity contribution in [2.45, 2.75) is 45.6 Å². The Morgan fingerprint density at radius 1 is 0.971 bits per heavy atom. The van der Waals surface area contributed by atoms with E-state index in [-0.39, 0.29) is 17.5 Å². The molecule has 0 unspecified atom stereocenters. The summed E-state index contributed by atoms with van der Waals surface area (Å²) in [6.07, 6.45) is 2.93. The lowest BCUT2D eigenvalue weighted by Gasteiger charge is -2.39. The number of piperidine rings is 1. The number of anilines is 1. The summed E-state index contributed by atoms with van der Waals surface area (Å²) in [5, 5.41) is 0. The number of carbonyl (C=O) groups is 2. The molecule has 1 spiro atoms. The second kappa shape index (κ2) is 10.1. The Labute approximate surface area is 215 Å². The molecule has 7 nitrogen and oxygen atoms in total. The molecule has 2 aromatic rings. The summed E-state index contributed by atoms with van der Waals surface area (Å²) in [6.45, 7) is 9.21. The fourth-order valence-corrected chi connectivity index (χ4v) is 5.19. The Kier molecular flexibility index (Phi) is 7.31. The average molecular weight is 545 g/mol. The summed E-state index contributed by atoms with van der Waals surface area (Å²) >= 11 is 3.46. The highest BCUT2D eigenvalue weighted by molar-refractivity contribution is 9.10. The Morgan fingerprint density at radius 2 is 1.63 bits per heavy atom. The zero-order chi connectivity index (χ0) is 25.2. The number of likely N-dealkylation sites (tertiary alicyclic amines) is 1. The predicted molar refractivity (Wildman–Crippen MR) is 138 cm³/mol. The van der Waals surface area contributed by atoms with Crippen molar-refractivity contribution in [2.75, 3.05) is 38.2 Å². The first-order chi connectivity index (χ1) is 16.6. The quantitative estimate of drug-likeness (QED) is 0.423. The number of ether oxygens (including phenoxy) is 3. The van der Waals surface area contributed by atoms with Gasteiger partial charge in [-0.1, -0.05) is 0 Å². The Morgan fingerprint density at radius 3 is 2.23 bits per heavy atom. The molecule has 8 heteroatoms. The second-order valence-corrected chi connectivity index (χ2v) is 11.2. The normalized spacial score (nSPS) is 17.4. The van der Waals surface area contributed by atoms with Crippen molar-refractivity contribution in [3.05, 3.63) is 52.5 Å². The van der Waals surface area contributed by atoms with Gasteiger partial charge in [0.25, 0.3) is 0 Å². The summed E-state index contributed by atoms with van der Waals surface area (Å²) in [5.41, 5.74) is 1.42. The van der Waals surface area contributed by atoms with Crippen LogP contribution in [0.1, 0.15) is 50.4 Å². The maximum atomic E-state index is 12.4. The average Bonchev–Trinajstić information content (AvgIpc) is 3.23. The second-order valence-electron chi connectivity index (χ2n) is 10.4. The summed E-state index contributed by atoms with van der Waals surface area (Å²) in [4.78, 5) is 28.4. The molecule has 4 rings (SSSR count). The van der Waals surface area contributed by atoms with Crippen LogP contribution < -0.4 is 9.64 Å². The molecule has 1 amide bonds. The number of rotatable bonds is 4. The number of amides is 1. The van der Waals surface area contributed by atoms with Crippen LogP contribution in [0.4, 0.5) is 10.5 Å². The highest BCUT2D eigenvalue weighted by Gasteiger charge is 2.42. The molecule has 2 heterocycles. The van der Waals surface area contributed by atoms with E-state index in [0.29, 0.717) is 15.8 Å². The minimum Gasteiger partial charge on any atom is -0.465 e. The minimum atomic E-state index is -0.463. The van der Waals surface area contributed by atoms with Gasteiger partial charge in [0.2, 0.25) is 0 Å². The van der Waals surface area contributed by atoms with Gasteiger partial charge in [-0.15, -0.1) is 0 Å². The Hall–Kier alpha value is -2.74. The van der Waals surface area contributed by atoms with Crippen LogP contribution >= 0.6 is 15.9 Å². The lowest BCUT2D eigenvalue weighted by atomic mass is 9.78. The van der Waals surface area contributed by atoms with Gasteiger partial charge >= 0.3 is 12.1 Å². The first-order valence-corrected chi connectivity index (χ1v) is 12.8. The molecular weight excluding hydrogens is 512 g/mol. The smallest absolute Gasteiger partial charge is 0.410 e. The van der Waals surface area contributed by atoms with Crippen molar-refractivity contribution in [2.24, 2.45) is 5.41 Å². The maximum Gasteiger partial charge on any atom is 0.410 e. The molecule has 2 saturated heterocycles. The van der Waals surface area contributed by atoms with Crippen LogP contribution in [-0.4, -0.2) is 55.9 Å². The maximum absolute atomic E-state index is 12.4. The molecule has 0 N–H and O–H groups in total. The summed E-state index contributed by atoms with van der Waals surface area (Å²) in [6, 6.07) is 13.2. The third-order valence-electron chi connectivity index (χ3n) is 6.70. The fraction of sp³-hybridized carbons (Fsp3) is 0.481. The number of halogens is 1. The van der Waals surface area contributed by atoms with Gasteiger partial charge in [0, 0.05) is 31.9 Å². The predicted octanol–water partition coefficient (Wildman–Crippen LogP) is 6.26. The zero-order valence-corrected chi connectivity index (χ0v) is 22.4. The lowest BCUT2D eigenvalue weighted by molar-refractivity contribution is 0.0122. The Balaban J connectivity index is 1.33. The number of methoxy groups -OCH3 is 1. The number of carbonyl (C=O) groups excluding carboxylic acids is 2. The number of hydrogen-bond acceptors (Lipinski definition) is 6. The summed E-state index contributed by atoms with van der Waals surface area (Å²) < 4.78 is 17.0. The SMILES string of the molecule is COC(=O)c1ccc(Oc2ccc(N3CCC4(CCN(C(=O)OC(C)(C)C)CC4)C3)cc2)c(Br)c1. The highest BCUT2D eigenvalue weighted by atomic mass is 79.9. The monoisotopic (exact) mass is 544 g/mol. The van der Waals surface area contributed by atoms with Crippen LogP contribution in [-0.2, 0) is 9.47 Å². The van der Waals surface area contributed by atoms with Crippen molar-refractivity contribution in [1.82, 2.24) is 4.90 Å². The van der Waals surface area contributed by atoms with E-state index < -0.39 is 5.60 Å². The van der Waals surface area contributed by atoms with Crippen LogP contribution in [0.3, 0.4) is 0 Å². The van der Waals surface area contributed by atoms with E-state index in [4.69, 9.17) is 14.2 Å². The fourth-order valence-electron chi connectivity index (χ4n) is 4.73. The molecular formula is C27H33BrN2O5. The summed E-state index contributed by atoms with van der Waals surface area (Å²) in [5.74, 6) is 0.961. The van der Waals surface area contributed by atoms with Gasteiger partial charge in [-0.3, -0.25) is 0 Å². The standard InChI is InChI=1S/C27H33BrN2O5/c1-26(2,3)35-25(32)29-14-11-27(12-15-29)13-16-30(18-27)20-6-8-21(9-7-20)34-23-10-5-19(17-22(23)28)24(31)33-4/h5-10,17H,11-16,18H2,1-4H3. The third-order valence-corrected chi connectivity index (χ3v) is 7.32. The first kappa shape index (κ1) is 25.4. The third kappa shape index (κ3) is 6.10. The highest BCUT2D eigenvalue weighted by Crippen LogP contribution is 2.42. The summed E-state index contributed by atoms with van der Waals surface area (Å²) in [7, 11) is 1.36. The van der Waals surface area contributed by atoms with Gasteiger partial charge in [-0.25, -0.2) is 9.59 Å². The number of benzene rings is 2. The molecule has 2 aromatic carbocycles. The topological polar surface area (TPSA) is 68.3 Å². The molecule has 188 valence electrons. The molecule has 0 radical (unpaired) electrons. The zero-order valence-electron chi connectivity index (χ0n) is 20.8. The molecule has 2 fully saturated rings. The largest absolute Gasteiger partial charge is 0.465 e. The van der Waals surface area contributed by atoms with Crippen LogP contribution in [0.15, 0.2) is 46.9 Å². The molecule has 2 aliphatic heterocycles. The van der Waals surface area contributed by atoms with Crippen molar-refractivity contribution in [3.8, 4) is 11.5 Å². The Bertz CT molecular complexity index is 1070. The first-order valence-electron chi connectivity index (χ1n) is 12.0. The van der Waals surface area contributed by atoms with Crippen LogP contribution in [0.2, 0.25) is 0 Å². The molecule has 2 aliphatic rings. The van der Waals surface area contributed by atoms with Gasteiger partial charge in [0.15, 0.2) is 0 Å². The van der Waals surface area contributed by atoms with Crippen LogP contribution in [0.5, 0.6) is 11.5 Å². The minimum absolute atomic E-state index is 0.204. The van der Waals surface area contributed by atoms with Gasteiger partial charge in [0.05, 0.1) is 17.1 Å². The van der Waals surface area contributed by atoms with Gasteiger partial charge < -0.3 is 24.0 Å². The van der Waals surface area contributed by atoms with E-state index >= 15 is 0 Å². The van der Waals surface area contributed by atoms with Crippen molar-refractivity contribution in [3.63, 3.8) is 0 Å². The van der Waals surface area contributed by atoms with Gasteiger partial charge in [-0.2, -0.15) is 0 Å². The number of hydrogen-bond donors (Lipinski definition) is 0. The number of esters is 1. The molecule has 0 saturated carbocycles. The van der Waals surface area contributed by atoms with Crippen molar-refractivity contribution < 1.29 is 23.8 Å². The van der Waals surface area contributed by atoms with E-state index in [2.05, 4.69) is 33.0 Å². The van der Waals surface area contributed by atoms with E-state index in [1.807, 2.05) is 37.8 Å². The molecule has 35 heavy (non-hydrogen) atoms.